The minimum atomic E-state index is -0.640. The van der Waals surface area contributed by atoms with Crippen LogP contribution in [0, 0.1) is 6.92 Å². The van der Waals surface area contributed by atoms with E-state index in [4.69, 9.17) is 4.74 Å². The summed E-state index contributed by atoms with van der Waals surface area (Å²) in [6, 6.07) is 8.43. The average molecular weight is 429 g/mol. The predicted molar refractivity (Wildman–Crippen MR) is 119 cm³/mol. The minimum Gasteiger partial charge on any atom is -0.507 e. The highest BCUT2D eigenvalue weighted by Crippen LogP contribution is 2.41. The van der Waals surface area contributed by atoms with Gasteiger partial charge in [-0.15, -0.1) is 11.3 Å². The summed E-state index contributed by atoms with van der Waals surface area (Å²) in [6.07, 6.45) is 0. The molecule has 1 atom stereocenters. The van der Waals surface area contributed by atoms with E-state index in [1.807, 2.05) is 24.4 Å². The SMILES string of the molecule is CCN(CC)CCN1C(=O)C(=O)/C(=C(/O)c2ccc(OC)c(C)c2)[C@H]1c1cccs1. The minimum absolute atomic E-state index is 0.145. The Morgan fingerprint density at radius 1 is 1.23 bits per heavy atom. The highest BCUT2D eigenvalue weighted by molar-refractivity contribution is 7.10. The maximum atomic E-state index is 13.0. The van der Waals surface area contributed by atoms with Crippen LogP contribution in [-0.4, -0.2) is 59.9 Å². The molecule has 1 aromatic carbocycles. The zero-order valence-corrected chi connectivity index (χ0v) is 18.7. The van der Waals surface area contributed by atoms with E-state index in [9.17, 15) is 14.7 Å². The third kappa shape index (κ3) is 4.13. The number of aryl methyl sites for hydroxylation is 1. The normalized spacial score (nSPS) is 18.4. The van der Waals surface area contributed by atoms with Crippen LogP contribution in [0.1, 0.15) is 35.9 Å². The predicted octanol–water partition coefficient (Wildman–Crippen LogP) is 3.83. The van der Waals surface area contributed by atoms with Gasteiger partial charge in [0.25, 0.3) is 11.7 Å². The van der Waals surface area contributed by atoms with Crippen LogP contribution in [0.3, 0.4) is 0 Å². The van der Waals surface area contributed by atoms with Gasteiger partial charge in [-0.25, -0.2) is 0 Å². The van der Waals surface area contributed by atoms with E-state index in [1.54, 1.807) is 30.2 Å². The van der Waals surface area contributed by atoms with Gasteiger partial charge < -0.3 is 19.6 Å². The summed E-state index contributed by atoms with van der Waals surface area (Å²) in [4.78, 5) is 30.6. The van der Waals surface area contributed by atoms with Crippen molar-refractivity contribution < 1.29 is 19.4 Å². The van der Waals surface area contributed by atoms with Crippen molar-refractivity contribution in [2.75, 3.05) is 33.3 Å². The first kappa shape index (κ1) is 22.1. The number of nitrogens with zero attached hydrogens (tertiary/aromatic N) is 2. The molecule has 30 heavy (non-hydrogen) atoms. The lowest BCUT2D eigenvalue weighted by molar-refractivity contribution is -0.140. The van der Waals surface area contributed by atoms with E-state index >= 15 is 0 Å². The second-order valence-electron chi connectivity index (χ2n) is 7.22. The Balaban J connectivity index is 2.05. The van der Waals surface area contributed by atoms with Gasteiger partial charge in [0.15, 0.2) is 0 Å². The monoisotopic (exact) mass is 428 g/mol. The molecular weight excluding hydrogens is 400 g/mol. The van der Waals surface area contributed by atoms with Gasteiger partial charge >= 0.3 is 0 Å². The summed E-state index contributed by atoms with van der Waals surface area (Å²) >= 11 is 1.47. The number of Topliss-reactive ketones (excluding diaryl/α,β-unsaturated/α-hetero) is 1. The molecule has 7 heteroatoms. The van der Waals surface area contributed by atoms with Gasteiger partial charge in [-0.1, -0.05) is 19.9 Å². The molecule has 1 aliphatic rings. The maximum Gasteiger partial charge on any atom is 0.295 e. The van der Waals surface area contributed by atoms with Crippen LogP contribution in [0.5, 0.6) is 5.75 Å². The number of hydrogen-bond acceptors (Lipinski definition) is 6. The Kier molecular flexibility index (Phi) is 6.95. The Bertz CT molecular complexity index is 948. The van der Waals surface area contributed by atoms with Gasteiger partial charge in [-0.05, 0) is 55.2 Å². The van der Waals surface area contributed by atoms with E-state index in [0.29, 0.717) is 24.4 Å². The fraction of sp³-hybridized carbons (Fsp3) is 0.391. The topological polar surface area (TPSA) is 70.1 Å². The molecule has 6 nitrogen and oxygen atoms in total. The van der Waals surface area contributed by atoms with Crippen LogP contribution in [0.15, 0.2) is 41.3 Å². The first-order chi connectivity index (χ1) is 14.4. The third-order valence-electron chi connectivity index (χ3n) is 5.57. The molecule has 2 heterocycles. The fourth-order valence-corrected chi connectivity index (χ4v) is 4.67. The summed E-state index contributed by atoms with van der Waals surface area (Å²) in [7, 11) is 1.58. The Morgan fingerprint density at radius 2 is 1.97 bits per heavy atom. The van der Waals surface area contributed by atoms with Crippen LogP contribution in [0.4, 0.5) is 0 Å². The second kappa shape index (κ2) is 9.45. The lowest BCUT2D eigenvalue weighted by Crippen LogP contribution is -2.37. The van der Waals surface area contributed by atoms with Crippen molar-refractivity contribution in [1.29, 1.82) is 0 Å². The number of rotatable bonds is 8. The van der Waals surface area contributed by atoms with Crippen LogP contribution >= 0.6 is 11.3 Å². The standard InChI is InChI=1S/C23H28N2O4S/c1-5-24(6-2)11-12-25-20(18-8-7-13-30-18)19(22(27)23(25)28)21(26)16-9-10-17(29-4)15(3)14-16/h7-10,13-14,20,26H,5-6,11-12H2,1-4H3/b21-19+/t20-/m1/s1. The molecule has 0 aliphatic carbocycles. The molecule has 0 unspecified atom stereocenters. The van der Waals surface area contributed by atoms with E-state index in [2.05, 4.69) is 18.7 Å². The number of likely N-dealkylation sites (N-methyl/N-ethyl adjacent to an activating group) is 1. The van der Waals surface area contributed by atoms with Crippen LogP contribution in [0.25, 0.3) is 5.76 Å². The van der Waals surface area contributed by atoms with Crippen molar-refractivity contribution in [2.24, 2.45) is 0 Å². The van der Waals surface area contributed by atoms with Crippen molar-refractivity contribution in [3.05, 3.63) is 57.3 Å². The number of aliphatic hydroxyl groups is 1. The Labute approximate surface area is 181 Å². The molecule has 160 valence electrons. The number of amides is 1. The zero-order chi connectivity index (χ0) is 21.8. The van der Waals surface area contributed by atoms with E-state index in [0.717, 1.165) is 23.5 Å². The molecule has 0 saturated carbocycles. The molecule has 0 spiro atoms. The van der Waals surface area contributed by atoms with Crippen LogP contribution in [0.2, 0.25) is 0 Å². The quantitative estimate of drug-likeness (QED) is 0.393. The summed E-state index contributed by atoms with van der Waals surface area (Å²) in [6.45, 7) is 8.84. The number of likely N-dealkylation sites (tertiary alicyclic amines) is 1. The second-order valence-corrected chi connectivity index (χ2v) is 8.20. The van der Waals surface area contributed by atoms with Gasteiger partial charge in [-0.3, -0.25) is 9.59 Å². The average Bonchev–Trinajstić information content (AvgIpc) is 3.36. The van der Waals surface area contributed by atoms with E-state index in [-0.39, 0.29) is 11.3 Å². The molecule has 3 rings (SSSR count). The zero-order valence-electron chi connectivity index (χ0n) is 17.8. The molecule has 1 aliphatic heterocycles. The summed E-state index contributed by atoms with van der Waals surface area (Å²) < 4.78 is 5.29. The molecule has 1 amide bonds. The van der Waals surface area contributed by atoms with E-state index in [1.165, 1.54) is 11.3 Å². The molecular formula is C23H28N2O4S. The maximum absolute atomic E-state index is 13.0. The Hall–Kier alpha value is -2.64. The summed E-state index contributed by atoms with van der Waals surface area (Å²) in [5.41, 5.74) is 1.48. The number of hydrogen-bond donors (Lipinski definition) is 1. The van der Waals surface area contributed by atoms with Crippen LogP contribution < -0.4 is 4.74 Å². The number of thiophene rings is 1. The highest BCUT2D eigenvalue weighted by Gasteiger charge is 2.46. The number of carbonyl (C=O) groups is 2. The number of carbonyl (C=O) groups excluding carboxylic acids is 2. The molecule has 0 radical (unpaired) electrons. The van der Waals surface area contributed by atoms with Gasteiger partial charge in [0, 0.05) is 23.5 Å². The molecule has 1 N–H and O–H groups in total. The van der Waals surface area contributed by atoms with Crippen molar-refractivity contribution in [2.45, 2.75) is 26.8 Å². The molecule has 2 aromatic rings. The fourth-order valence-electron chi connectivity index (χ4n) is 3.82. The number of ether oxygens (including phenoxy) is 1. The highest BCUT2D eigenvalue weighted by atomic mass is 32.1. The largest absolute Gasteiger partial charge is 0.507 e. The molecule has 1 aromatic heterocycles. The van der Waals surface area contributed by atoms with Gasteiger partial charge in [0.2, 0.25) is 0 Å². The third-order valence-corrected chi connectivity index (χ3v) is 6.50. The number of benzene rings is 1. The van der Waals surface area contributed by atoms with Crippen molar-refractivity contribution in [3.8, 4) is 5.75 Å². The van der Waals surface area contributed by atoms with Crippen molar-refractivity contribution >= 4 is 28.8 Å². The number of ketones is 1. The summed E-state index contributed by atoms with van der Waals surface area (Å²) in [5, 5.41) is 13.0. The first-order valence-electron chi connectivity index (χ1n) is 10.1. The lowest BCUT2D eigenvalue weighted by Gasteiger charge is -2.27. The molecule has 0 bridgehead atoms. The van der Waals surface area contributed by atoms with Gasteiger partial charge in [-0.2, -0.15) is 0 Å². The van der Waals surface area contributed by atoms with Crippen molar-refractivity contribution in [1.82, 2.24) is 9.80 Å². The number of methoxy groups -OCH3 is 1. The van der Waals surface area contributed by atoms with Gasteiger partial charge in [0.05, 0.1) is 18.7 Å². The van der Waals surface area contributed by atoms with Crippen LogP contribution in [-0.2, 0) is 9.59 Å². The molecule has 1 fully saturated rings. The van der Waals surface area contributed by atoms with Gasteiger partial charge in [0.1, 0.15) is 11.5 Å². The van der Waals surface area contributed by atoms with E-state index < -0.39 is 17.7 Å². The first-order valence-corrected chi connectivity index (χ1v) is 11.0. The Morgan fingerprint density at radius 3 is 2.53 bits per heavy atom. The number of aliphatic hydroxyl groups excluding tert-OH is 1. The van der Waals surface area contributed by atoms with Crippen molar-refractivity contribution in [3.63, 3.8) is 0 Å². The molecule has 1 saturated heterocycles. The smallest absolute Gasteiger partial charge is 0.295 e. The lowest BCUT2D eigenvalue weighted by atomic mass is 9.99. The summed E-state index contributed by atoms with van der Waals surface area (Å²) in [5.74, 6) is -0.657.